The average Bonchev–Trinajstić information content (AvgIpc) is 3.09. The summed E-state index contributed by atoms with van der Waals surface area (Å²) in [5.41, 5.74) is 0.379. The van der Waals surface area contributed by atoms with Crippen molar-refractivity contribution in [2.24, 2.45) is 11.3 Å². The molecule has 1 atom stereocenters. The van der Waals surface area contributed by atoms with Crippen molar-refractivity contribution in [2.45, 2.75) is 45.4 Å². The molecule has 2 fully saturated rings. The van der Waals surface area contributed by atoms with Crippen LogP contribution in [0.5, 0.6) is 0 Å². The van der Waals surface area contributed by atoms with E-state index in [4.69, 9.17) is 9.26 Å². The topological polar surface area (TPSA) is 48.2 Å². The van der Waals surface area contributed by atoms with Crippen molar-refractivity contribution in [1.29, 1.82) is 0 Å². The summed E-state index contributed by atoms with van der Waals surface area (Å²) in [4.78, 5) is 4.47. The molecule has 4 nitrogen and oxygen atoms in total. The maximum absolute atomic E-state index is 5.33. The summed E-state index contributed by atoms with van der Waals surface area (Å²) < 4.78 is 10.6. The average molecular weight is 262 g/mol. The first kappa shape index (κ1) is 12.9. The Labute approximate surface area is 114 Å². The van der Waals surface area contributed by atoms with Crippen LogP contribution in [0.25, 0.3) is 6.08 Å². The van der Waals surface area contributed by atoms with E-state index in [1.54, 1.807) is 0 Å². The van der Waals surface area contributed by atoms with Crippen LogP contribution in [-0.4, -0.2) is 23.4 Å². The number of rotatable bonds is 4. The number of aromatic nitrogens is 2. The third-order valence-electron chi connectivity index (χ3n) is 4.36. The molecular weight excluding hydrogens is 240 g/mol. The van der Waals surface area contributed by atoms with E-state index >= 15 is 0 Å². The van der Waals surface area contributed by atoms with Gasteiger partial charge in [-0.25, -0.2) is 0 Å². The van der Waals surface area contributed by atoms with Crippen molar-refractivity contribution < 1.29 is 9.26 Å². The Morgan fingerprint density at radius 2 is 2.21 bits per heavy atom. The van der Waals surface area contributed by atoms with E-state index < -0.39 is 0 Å². The van der Waals surface area contributed by atoms with Crippen LogP contribution in [0.1, 0.15) is 50.7 Å². The second-order valence-corrected chi connectivity index (χ2v) is 6.23. The Balaban J connectivity index is 1.59. The maximum atomic E-state index is 5.33. The van der Waals surface area contributed by atoms with E-state index in [2.05, 4.69) is 23.1 Å². The highest BCUT2D eigenvalue weighted by Crippen LogP contribution is 2.39. The quantitative estimate of drug-likeness (QED) is 0.835. The molecule has 0 radical (unpaired) electrons. The monoisotopic (exact) mass is 262 g/mol. The number of ether oxygens (including phenoxy) is 1. The minimum Gasteiger partial charge on any atom is -0.381 e. The zero-order valence-corrected chi connectivity index (χ0v) is 11.6. The van der Waals surface area contributed by atoms with Crippen LogP contribution < -0.4 is 0 Å². The Bertz CT molecular complexity index is 441. The van der Waals surface area contributed by atoms with Gasteiger partial charge in [0.25, 0.3) is 0 Å². The van der Waals surface area contributed by atoms with Gasteiger partial charge < -0.3 is 9.26 Å². The molecule has 0 spiro atoms. The van der Waals surface area contributed by atoms with E-state index in [9.17, 15) is 0 Å². The minimum atomic E-state index is 0.379. The summed E-state index contributed by atoms with van der Waals surface area (Å²) in [5.74, 6) is 1.98. The molecule has 1 aliphatic carbocycles. The van der Waals surface area contributed by atoms with Gasteiger partial charge >= 0.3 is 0 Å². The molecule has 2 aliphatic rings. The van der Waals surface area contributed by atoms with E-state index in [1.807, 2.05) is 6.08 Å². The first-order chi connectivity index (χ1) is 9.23. The summed E-state index contributed by atoms with van der Waals surface area (Å²) in [7, 11) is 0. The van der Waals surface area contributed by atoms with Crippen molar-refractivity contribution in [1.82, 2.24) is 10.1 Å². The molecule has 0 bridgehead atoms. The van der Waals surface area contributed by atoms with Gasteiger partial charge in [0.2, 0.25) is 5.89 Å². The molecule has 1 aromatic rings. The zero-order valence-electron chi connectivity index (χ0n) is 11.6. The summed E-state index contributed by atoms with van der Waals surface area (Å²) in [5, 5.41) is 4.10. The van der Waals surface area contributed by atoms with Gasteiger partial charge in [0.15, 0.2) is 5.82 Å². The maximum Gasteiger partial charge on any atom is 0.250 e. The molecule has 4 heteroatoms. The third kappa shape index (κ3) is 3.24. The van der Waals surface area contributed by atoms with Gasteiger partial charge in [0.05, 0.1) is 6.61 Å². The first-order valence-electron chi connectivity index (χ1n) is 7.32. The van der Waals surface area contributed by atoms with Crippen molar-refractivity contribution in [2.75, 3.05) is 13.2 Å². The van der Waals surface area contributed by atoms with Crippen LogP contribution in [0.15, 0.2) is 10.6 Å². The number of hydrogen-bond donors (Lipinski definition) is 0. The van der Waals surface area contributed by atoms with E-state index in [0.29, 0.717) is 17.2 Å². The highest BCUT2D eigenvalue weighted by Gasteiger charge is 2.30. The summed E-state index contributed by atoms with van der Waals surface area (Å²) in [6.45, 7) is 4.01. The molecule has 1 aliphatic heterocycles. The smallest absolute Gasteiger partial charge is 0.250 e. The molecule has 0 amide bonds. The molecule has 1 aromatic heterocycles. The third-order valence-corrected chi connectivity index (χ3v) is 4.36. The lowest BCUT2D eigenvalue weighted by Gasteiger charge is -2.20. The highest BCUT2D eigenvalue weighted by atomic mass is 16.5. The van der Waals surface area contributed by atoms with Crippen LogP contribution in [-0.2, 0) is 11.2 Å². The lowest BCUT2D eigenvalue weighted by atomic mass is 9.85. The Hall–Kier alpha value is -1.16. The Morgan fingerprint density at radius 3 is 2.95 bits per heavy atom. The van der Waals surface area contributed by atoms with Crippen LogP contribution in [0.3, 0.4) is 0 Å². The predicted octanol–water partition coefficient (Wildman–Crippen LogP) is 3.24. The molecular formula is C15H22N2O2. The largest absolute Gasteiger partial charge is 0.381 e. The Kier molecular flexibility index (Phi) is 3.69. The first-order valence-corrected chi connectivity index (χ1v) is 7.32. The molecule has 3 rings (SSSR count). The fraction of sp³-hybridized carbons (Fsp3) is 0.733. The van der Waals surface area contributed by atoms with Gasteiger partial charge in [-0.3, -0.25) is 0 Å². The van der Waals surface area contributed by atoms with Gasteiger partial charge in [-0.1, -0.05) is 31.0 Å². The van der Waals surface area contributed by atoms with Crippen LogP contribution in [0.2, 0.25) is 0 Å². The molecule has 2 heterocycles. The predicted molar refractivity (Wildman–Crippen MR) is 72.5 cm³/mol. The zero-order chi connectivity index (χ0) is 13.1. The second-order valence-electron chi connectivity index (χ2n) is 6.23. The van der Waals surface area contributed by atoms with Crippen molar-refractivity contribution in [3.63, 3.8) is 0 Å². The van der Waals surface area contributed by atoms with E-state index in [-0.39, 0.29) is 0 Å². The lowest BCUT2D eigenvalue weighted by molar-refractivity contribution is 0.191. The molecule has 0 aromatic carbocycles. The molecule has 0 N–H and O–H groups in total. The Morgan fingerprint density at radius 1 is 1.37 bits per heavy atom. The SMILES string of the molecule is CC1(Cc2noc(C=CC3CCOC3)n2)CCCC1. The normalized spacial score (nSPS) is 26.5. The fourth-order valence-electron chi connectivity index (χ4n) is 3.12. The van der Waals surface area contributed by atoms with Gasteiger partial charge in [-0.15, -0.1) is 0 Å². The fourth-order valence-corrected chi connectivity index (χ4v) is 3.12. The standard InChI is InChI=1S/C15H22N2O2/c1-15(7-2-3-8-15)10-13-16-14(19-17-13)5-4-12-6-9-18-11-12/h4-5,12H,2-3,6-11H2,1H3. The number of nitrogens with zero attached hydrogens (tertiary/aromatic N) is 2. The van der Waals surface area contributed by atoms with E-state index in [1.165, 1.54) is 25.7 Å². The van der Waals surface area contributed by atoms with Crippen LogP contribution in [0, 0.1) is 11.3 Å². The van der Waals surface area contributed by atoms with Gasteiger partial charge in [0.1, 0.15) is 0 Å². The summed E-state index contributed by atoms with van der Waals surface area (Å²) in [6, 6.07) is 0. The second kappa shape index (κ2) is 5.45. The van der Waals surface area contributed by atoms with Gasteiger partial charge in [0, 0.05) is 18.9 Å². The van der Waals surface area contributed by atoms with Crippen LogP contribution >= 0.6 is 0 Å². The molecule has 1 saturated carbocycles. The lowest BCUT2D eigenvalue weighted by Crippen LogP contribution is -2.15. The molecule has 104 valence electrons. The molecule has 19 heavy (non-hydrogen) atoms. The van der Waals surface area contributed by atoms with Crippen molar-refractivity contribution in [3.05, 3.63) is 17.8 Å². The molecule has 1 unspecified atom stereocenters. The number of hydrogen-bond acceptors (Lipinski definition) is 4. The van der Waals surface area contributed by atoms with Crippen molar-refractivity contribution >= 4 is 6.08 Å². The highest BCUT2D eigenvalue weighted by molar-refractivity contribution is 5.37. The minimum absolute atomic E-state index is 0.379. The van der Waals surface area contributed by atoms with Crippen molar-refractivity contribution in [3.8, 4) is 0 Å². The van der Waals surface area contributed by atoms with Crippen LogP contribution in [0.4, 0.5) is 0 Å². The van der Waals surface area contributed by atoms with Gasteiger partial charge in [-0.2, -0.15) is 4.98 Å². The van der Waals surface area contributed by atoms with Gasteiger partial charge in [-0.05, 0) is 30.8 Å². The van der Waals surface area contributed by atoms with E-state index in [0.717, 1.165) is 31.9 Å². The molecule has 1 saturated heterocycles. The summed E-state index contributed by atoms with van der Waals surface area (Å²) in [6.07, 6.45) is 11.3. The summed E-state index contributed by atoms with van der Waals surface area (Å²) >= 11 is 0.